The van der Waals surface area contributed by atoms with Crippen LogP contribution >= 0.6 is 0 Å². The van der Waals surface area contributed by atoms with Crippen molar-refractivity contribution < 1.29 is 18.7 Å². The van der Waals surface area contributed by atoms with E-state index in [0.29, 0.717) is 31.0 Å². The summed E-state index contributed by atoms with van der Waals surface area (Å²) >= 11 is 0. The van der Waals surface area contributed by atoms with Gasteiger partial charge in [-0.15, -0.1) is 0 Å². The van der Waals surface area contributed by atoms with Crippen molar-refractivity contribution >= 4 is 5.91 Å². The van der Waals surface area contributed by atoms with Crippen molar-refractivity contribution in [2.24, 2.45) is 0 Å². The number of halogens is 1. The SMILES string of the molecule is COc1cccc(CCNC(=O)c2nn(-c3ccc(F)cc3)cc2OCc2ccccc2)c1. The van der Waals surface area contributed by atoms with Gasteiger partial charge in [0.15, 0.2) is 11.4 Å². The number of amides is 1. The first kappa shape index (κ1) is 22.1. The van der Waals surface area contributed by atoms with Gasteiger partial charge >= 0.3 is 0 Å². The van der Waals surface area contributed by atoms with Gasteiger partial charge in [0, 0.05) is 6.54 Å². The van der Waals surface area contributed by atoms with Crippen LogP contribution in [0.25, 0.3) is 5.69 Å². The Morgan fingerprint density at radius 3 is 2.52 bits per heavy atom. The van der Waals surface area contributed by atoms with Crippen LogP contribution < -0.4 is 14.8 Å². The minimum atomic E-state index is -0.346. The third kappa shape index (κ3) is 5.77. The normalized spacial score (nSPS) is 10.6. The van der Waals surface area contributed by atoms with E-state index in [1.165, 1.54) is 16.8 Å². The molecule has 1 heterocycles. The first-order valence-corrected chi connectivity index (χ1v) is 10.6. The van der Waals surface area contributed by atoms with E-state index >= 15 is 0 Å². The highest BCUT2D eigenvalue weighted by Crippen LogP contribution is 2.22. The molecule has 4 aromatic rings. The Labute approximate surface area is 191 Å². The largest absolute Gasteiger partial charge is 0.497 e. The molecule has 1 N–H and O–H groups in total. The lowest BCUT2D eigenvalue weighted by Crippen LogP contribution is -2.26. The molecular weight excluding hydrogens is 421 g/mol. The fourth-order valence-electron chi connectivity index (χ4n) is 3.31. The molecule has 0 aliphatic rings. The molecule has 0 saturated heterocycles. The summed E-state index contributed by atoms with van der Waals surface area (Å²) in [4.78, 5) is 12.9. The minimum Gasteiger partial charge on any atom is -0.497 e. The summed E-state index contributed by atoms with van der Waals surface area (Å²) < 4.78 is 26.0. The molecule has 0 radical (unpaired) electrons. The number of hydrogen-bond acceptors (Lipinski definition) is 4. The van der Waals surface area contributed by atoms with Gasteiger partial charge in [0.1, 0.15) is 18.2 Å². The zero-order valence-corrected chi connectivity index (χ0v) is 18.2. The molecule has 0 bridgehead atoms. The summed E-state index contributed by atoms with van der Waals surface area (Å²) in [6, 6.07) is 23.2. The monoisotopic (exact) mass is 445 g/mol. The van der Waals surface area contributed by atoms with Crippen LogP contribution in [-0.4, -0.2) is 29.3 Å². The summed E-state index contributed by atoms with van der Waals surface area (Å²) in [6.07, 6.45) is 2.27. The van der Waals surface area contributed by atoms with Crippen LogP contribution in [0.1, 0.15) is 21.6 Å². The number of rotatable bonds is 9. The molecule has 1 amide bonds. The van der Waals surface area contributed by atoms with E-state index in [0.717, 1.165) is 16.9 Å². The zero-order chi connectivity index (χ0) is 23.0. The molecule has 0 unspecified atom stereocenters. The summed E-state index contributed by atoms with van der Waals surface area (Å²) in [6.45, 7) is 0.716. The Morgan fingerprint density at radius 2 is 1.76 bits per heavy atom. The molecule has 1 aromatic heterocycles. The van der Waals surface area contributed by atoms with E-state index < -0.39 is 0 Å². The molecule has 6 nitrogen and oxygen atoms in total. The van der Waals surface area contributed by atoms with Crippen LogP contribution in [0.15, 0.2) is 85.1 Å². The van der Waals surface area contributed by atoms with Gasteiger partial charge in [-0.3, -0.25) is 4.79 Å². The van der Waals surface area contributed by atoms with E-state index in [4.69, 9.17) is 9.47 Å². The van der Waals surface area contributed by atoms with Gasteiger partial charge in [0.25, 0.3) is 5.91 Å². The Hall–Kier alpha value is -4.13. The molecule has 7 heteroatoms. The summed E-state index contributed by atoms with van der Waals surface area (Å²) in [5, 5.41) is 7.31. The van der Waals surface area contributed by atoms with Crippen molar-refractivity contribution in [3.63, 3.8) is 0 Å². The molecule has 0 saturated carbocycles. The average molecular weight is 445 g/mol. The fourth-order valence-corrected chi connectivity index (χ4v) is 3.31. The predicted molar refractivity (Wildman–Crippen MR) is 123 cm³/mol. The molecule has 0 aliphatic heterocycles. The maximum absolute atomic E-state index is 13.3. The average Bonchev–Trinajstić information content (AvgIpc) is 3.28. The van der Waals surface area contributed by atoms with Crippen molar-refractivity contribution in [3.05, 3.63) is 108 Å². The Balaban J connectivity index is 1.49. The first-order chi connectivity index (χ1) is 16.1. The van der Waals surface area contributed by atoms with E-state index in [-0.39, 0.29) is 17.4 Å². The predicted octanol–water partition coefficient (Wildman–Crippen LogP) is 4.57. The highest BCUT2D eigenvalue weighted by Gasteiger charge is 2.19. The first-order valence-electron chi connectivity index (χ1n) is 10.6. The highest BCUT2D eigenvalue weighted by atomic mass is 19.1. The summed E-state index contributed by atoms with van der Waals surface area (Å²) in [7, 11) is 1.62. The number of benzene rings is 3. The lowest BCUT2D eigenvalue weighted by atomic mass is 10.1. The number of nitrogens with one attached hydrogen (secondary N) is 1. The van der Waals surface area contributed by atoms with Gasteiger partial charge in [0.05, 0.1) is 19.0 Å². The van der Waals surface area contributed by atoms with Gasteiger partial charge in [-0.25, -0.2) is 9.07 Å². The number of nitrogens with zero attached hydrogens (tertiary/aromatic N) is 2. The Kier molecular flexibility index (Phi) is 6.99. The smallest absolute Gasteiger partial charge is 0.275 e. The van der Waals surface area contributed by atoms with Crippen LogP contribution in [0, 0.1) is 5.82 Å². The highest BCUT2D eigenvalue weighted by molar-refractivity contribution is 5.95. The molecule has 0 spiro atoms. The third-order valence-electron chi connectivity index (χ3n) is 5.06. The van der Waals surface area contributed by atoms with E-state index in [1.807, 2.05) is 54.6 Å². The molecule has 4 rings (SSSR count). The van der Waals surface area contributed by atoms with Crippen LogP contribution in [0.2, 0.25) is 0 Å². The molecule has 3 aromatic carbocycles. The second kappa shape index (κ2) is 10.5. The topological polar surface area (TPSA) is 65.4 Å². The van der Waals surface area contributed by atoms with Gasteiger partial charge in [-0.1, -0.05) is 42.5 Å². The van der Waals surface area contributed by atoms with Crippen LogP contribution in [-0.2, 0) is 13.0 Å². The second-order valence-electron chi connectivity index (χ2n) is 7.39. The number of carbonyl (C=O) groups excluding carboxylic acids is 1. The van der Waals surface area contributed by atoms with Gasteiger partial charge in [-0.05, 0) is 53.9 Å². The van der Waals surface area contributed by atoms with Crippen molar-refractivity contribution in [3.8, 4) is 17.2 Å². The summed E-state index contributed by atoms with van der Waals surface area (Å²) in [5.74, 6) is 0.430. The molecular formula is C26H24FN3O3. The fraction of sp³-hybridized carbons (Fsp3) is 0.154. The number of ether oxygens (including phenoxy) is 2. The number of methoxy groups -OCH3 is 1. The standard InChI is InChI=1S/C26H24FN3O3/c1-32-23-9-5-8-19(16-23)14-15-28-26(31)25-24(33-18-20-6-3-2-4-7-20)17-30(29-25)22-12-10-21(27)11-13-22/h2-13,16-17H,14-15,18H2,1H3,(H,28,31). The number of aromatic nitrogens is 2. The maximum Gasteiger partial charge on any atom is 0.275 e. The van der Waals surface area contributed by atoms with Crippen LogP contribution in [0.3, 0.4) is 0 Å². The lowest BCUT2D eigenvalue weighted by Gasteiger charge is -2.08. The van der Waals surface area contributed by atoms with Gasteiger partial charge < -0.3 is 14.8 Å². The summed E-state index contributed by atoms with van der Waals surface area (Å²) in [5.41, 5.74) is 2.81. The Morgan fingerprint density at radius 1 is 1.00 bits per heavy atom. The second-order valence-corrected chi connectivity index (χ2v) is 7.39. The minimum absolute atomic E-state index is 0.167. The van der Waals surface area contributed by atoms with E-state index in [2.05, 4.69) is 10.4 Å². The van der Waals surface area contributed by atoms with Gasteiger partial charge in [-0.2, -0.15) is 5.10 Å². The van der Waals surface area contributed by atoms with Crippen molar-refractivity contribution in [1.82, 2.24) is 15.1 Å². The molecule has 0 aliphatic carbocycles. The molecule has 168 valence electrons. The van der Waals surface area contributed by atoms with E-state index in [1.54, 1.807) is 25.4 Å². The maximum atomic E-state index is 13.3. The molecule has 0 atom stereocenters. The van der Waals surface area contributed by atoms with Crippen molar-refractivity contribution in [1.29, 1.82) is 0 Å². The third-order valence-corrected chi connectivity index (χ3v) is 5.06. The molecule has 0 fully saturated rings. The van der Waals surface area contributed by atoms with Crippen molar-refractivity contribution in [2.75, 3.05) is 13.7 Å². The van der Waals surface area contributed by atoms with Gasteiger partial charge in [0.2, 0.25) is 0 Å². The number of hydrogen-bond donors (Lipinski definition) is 1. The van der Waals surface area contributed by atoms with E-state index in [9.17, 15) is 9.18 Å². The Bertz CT molecular complexity index is 1210. The zero-order valence-electron chi connectivity index (χ0n) is 18.2. The lowest BCUT2D eigenvalue weighted by molar-refractivity contribution is 0.0944. The molecule has 33 heavy (non-hydrogen) atoms. The quantitative estimate of drug-likeness (QED) is 0.410. The number of carbonyl (C=O) groups is 1. The van der Waals surface area contributed by atoms with Crippen LogP contribution in [0.5, 0.6) is 11.5 Å². The van der Waals surface area contributed by atoms with Crippen LogP contribution in [0.4, 0.5) is 4.39 Å². The van der Waals surface area contributed by atoms with Crippen molar-refractivity contribution in [2.45, 2.75) is 13.0 Å².